The Bertz CT molecular complexity index is 700. The lowest BCUT2D eigenvalue weighted by atomic mass is 10.1. The first-order valence-electron chi connectivity index (χ1n) is 6.16. The highest BCUT2D eigenvalue weighted by Crippen LogP contribution is 2.36. The van der Waals surface area contributed by atoms with E-state index in [-0.39, 0.29) is 5.69 Å². The predicted octanol–water partition coefficient (Wildman–Crippen LogP) is 3.36. The number of anilines is 2. The highest BCUT2D eigenvalue weighted by atomic mass is 19.2. The lowest BCUT2D eigenvalue weighted by molar-refractivity contribution is 0.0690. The van der Waals surface area contributed by atoms with Crippen LogP contribution in [0.5, 0.6) is 0 Å². The third-order valence-corrected chi connectivity index (χ3v) is 3.47. The van der Waals surface area contributed by atoms with Crippen molar-refractivity contribution in [3.8, 4) is 0 Å². The number of hydrogen-bond acceptors (Lipinski definition) is 2. The van der Waals surface area contributed by atoms with Crippen LogP contribution >= 0.6 is 0 Å². The van der Waals surface area contributed by atoms with Gasteiger partial charge in [0.25, 0.3) is 0 Å². The molecule has 3 rings (SSSR count). The van der Waals surface area contributed by atoms with E-state index in [0.717, 1.165) is 23.7 Å². The number of rotatable bonds is 2. The lowest BCUT2D eigenvalue weighted by Crippen LogP contribution is -2.16. The molecule has 1 aliphatic heterocycles. The summed E-state index contributed by atoms with van der Waals surface area (Å²) in [5.74, 6) is -3.92. The van der Waals surface area contributed by atoms with Gasteiger partial charge in [-0.1, -0.05) is 18.2 Å². The van der Waals surface area contributed by atoms with E-state index in [1.807, 2.05) is 24.3 Å². The molecule has 0 fully saturated rings. The Hall–Kier alpha value is -2.43. The van der Waals surface area contributed by atoms with Crippen molar-refractivity contribution in [3.63, 3.8) is 0 Å². The Balaban J connectivity index is 2.09. The number of hydrogen-bond donors (Lipinski definition) is 1. The molecule has 0 saturated carbocycles. The van der Waals surface area contributed by atoms with Crippen molar-refractivity contribution in [2.24, 2.45) is 0 Å². The first-order chi connectivity index (χ1) is 9.59. The Morgan fingerprint density at radius 3 is 2.55 bits per heavy atom. The molecule has 0 unspecified atom stereocenters. The number of aromatic carboxylic acids is 1. The zero-order valence-electron chi connectivity index (χ0n) is 10.4. The van der Waals surface area contributed by atoms with Crippen LogP contribution in [0.2, 0.25) is 0 Å². The fourth-order valence-corrected chi connectivity index (χ4v) is 2.50. The molecule has 102 valence electrons. The molecule has 1 heterocycles. The van der Waals surface area contributed by atoms with Gasteiger partial charge in [0.15, 0.2) is 11.6 Å². The fourth-order valence-electron chi connectivity index (χ4n) is 2.50. The van der Waals surface area contributed by atoms with Crippen LogP contribution in [0.3, 0.4) is 0 Å². The van der Waals surface area contributed by atoms with E-state index in [2.05, 4.69) is 0 Å². The first-order valence-corrected chi connectivity index (χ1v) is 6.16. The average molecular weight is 275 g/mol. The summed E-state index contributed by atoms with van der Waals surface area (Å²) in [7, 11) is 0. The second kappa shape index (κ2) is 4.59. The minimum absolute atomic E-state index is 0.0671. The fraction of sp³-hybridized carbons (Fsp3) is 0.133. The molecule has 5 heteroatoms. The van der Waals surface area contributed by atoms with Crippen molar-refractivity contribution in [2.45, 2.75) is 6.42 Å². The molecule has 0 aromatic heterocycles. The summed E-state index contributed by atoms with van der Waals surface area (Å²) in [5.41, 5.74) is 1.31. The molecule has 0 bridgehead atoms. The highest BCUT2D eigenvalue weighted by Gasteiger charge is 2.26. The van der Waals surface area contributed by atoms with E-state index in [0.29, 0.717) is 6.54 Å². The summed E-state index contributed by atoms with van der Waals surface area (Å²) in [6, 6.07) is 9.91. The zero-order chi connectivity index (χ0) is 14.3. The van der Waals surface area contributed by atoms with Crippen LogP contribution in [-0.4, -0.2) is 17.6 Å². The molecule has 0 amide bonds. The standard InChI is InChI=1S/C15H11F2NO2/c16-13-10(15(19)20)5-6-12(14(13)17)18-8-7-9-3-1-2-4-11(9)18/h1-6H,7-8H2,(H,19,20). The van der Waals surface area contributed by atoms with Crippen molar-refractivity contribution < 1.29 is 18.7 Å². The van der Waals surface area contributed by atoms with Gasteiger partial charge in [-0.3, -0.25) is 0 Å². The number of carbonyl (C=O) groups is 1. The molecule has 2 aromatic rings. The Labute approximate surface area is 114 Å². The zero-order valence-corrected chi connectivity index (χ0v) is 10.4. The molecule has 0 spiro atoms. The van der Waals surface area contributed by atoms with E-state index < -0.39 is 23.2 Å². The minimum Gasteiger partial charge on any atom is -0.478 e. The van der Waals surface area contributed by atoms with Gasteiger partial charge in [0.2, 0.25) is 0 Å². The molecule has 0 atom stereocenters. The number of benzene rings is 2. The van der Waals surface area contributed by atoms with E-state index in [9.17, 15) is 13.6 Å². The van der Waals surface area contributed by atoms with E-state index in [1.54, 1.807) is 4.90 Å². The molecule has 3 nitrogen and oxygen atoms in total. The second-order valence-electron chi connectivity index (χ2n) is 4.60. The minimum atomic E-state index is -1.48. The third kappa shape index (κ3) is 1.82. The molecular formula is C15H11F2NO2. The molecule has 1 N–H and O–H groups in total. The van der Waals surface area contributed by atoms with E-state index >= 15 is 0 Å². The molecule has 2 aromatic carbocycles. The Morgan fingerprint density at radius 1 is 1.05 bits per heavy atom. The Morgan fingerprint density at radius 2 is 1.80 bits per heavy atom. The topological polar surface area (TPSA) is 40.5 Å². The normalized spacial score (nSPS) is 13.4. The van der Waals surface area contributed by atoms with Gasteiger partial charge in [-0.15, -0.1) is 0 Å². The van der Waals surface area contributed by atoms with Crippen LogP contribution < -0.4 is 4.90 Å². The SMILES string of the molecule is O=C(O)c1ccc(N2CCc3ccccc32)c(F)c1F. The van der Waals surface area contributed by atoms with Gasteiger partial charge < -0.3 is 10.0 Å². The second-order valence-corrected chi connectivity index (χ2v) is 4.60. The van der Waals surface area contributed by atoms with Gasteiger partial charge in [-0.05, 0) is 30.2 Å². The summed E-state index contributed by atoms with van der Waals surface area (Å²) >= 11 is 0. The summed E-state index contributed by atoms with van der Waals surface area (Å²) in [6.07, 6.45) is 0.748. The summed E-state index contributed by atoms with van der Waals surface area (Å²) < 4.78 is 27.8. The molecule has 20 heavy (non-hydrogen) atoms. The van der Waals surface area contributed by atoms with Gasteiger partial charge in [0.1, 0.15) is 0 Å². The maximum atomic E-state index is 14.1. The van der Waals surface area contributed by atoms with E-state index in [4.69, 9.17) is 5.11 Å². The van der Waals surface area contributed by atoms with Crippen molar-refractivity contribution in [3.05, 3.63) is 59.2 Å². The van der Waals surface area contributed by atoms with E-state index in [1.165, 1.54) is 6.07 Å². The van der Waals surface area contributed by atoms with Crippen molar-refractivity contribution in [2.75, 3.05) is 11.4 Å². The predicted molar refractivity (Wildman–Crippen MR) is 70.5 cm³/mol. The molecule has 0 saturated heterocycles. The van der Waals surface area contributed by atoms with Gasteiger partial charge in [-0.25, -0.2) is 13.6 Å². The van der Waals surface area contributed by atoms with Gasteiger partial charge in [0, 0.05) is 12.2 Å². The number of carboxylic acids is 1. The molecular weight excluding hydrogens is 264 g/mol. The quantitative estimate of drug-likeness (QED) is 0.913. The smallest absolute Gasteiger partial charge is 0.338 e. The number of nitrogens with zero attached hydrogens (tertiary/aromatic N) is 1. The van der Waals surface area contributed by atoms with Crippen molar-refractivity contribution in [1.29, 1.82) is 0 Å². The number of halogens is 2. The van der Waals surface area contributed by atoms with Gasteiger partial charge in [0.05, 0.1) is 11.3 Å². The number of para-hydroxylation sites is 1. The maximum absolute atomic E-state index is 14.1. The number of fused-ring (bicyclic) bond motifs is 1. The summed E-state index contributed by atoms with van der Waals surface area (Å²) in [6.45, 7) is 0.544. The summed E-state index contributed by atoms with van der Waals surface area (Å²) in [4.78, 5) is 12.5. The lowest BCUT2D eigenvalue weighted by Gasteiger charge is -2.20. The van der Waals surface area contributed by atoms with Gasteiger partial charge in [-0.2, -0.15) is 0 Å². The maximum Gasteiger partial charge on any atom is 0.338 e. The molecule has 0 aliphatic carbocycles. The number of carboxylic acid groups (broad SMARTS) is 1. The molecule has 1 aliphatic rings. The Kier molecular flexibility index (Phi) is 2.89. The average Bonchev–Trinajstić information content (AvgIpc) is 2.85. The summed E-state index contributed by atoms with van der Waals surface area (Å²) in [5, 5.41) is 8.78. The molecule has 0 radical (unpaired) electrons. The van der Waals surface area contributed by atoms with Crippen LogP contribution in [-0.2, 0) is 6.42 Å². The van der Waals surface area contributed by atoms with Crippen LogP contribution in [0.1, 0.15) is 15.9 Å². The van der Waals surface area contributed by atoms with Crippen LogP contribution in [0.15, 0.2) is 36.4 Å². The van der Waals surface area contributed by atoms with Gasteiger partial charge >= 0.3 is 5.97 Å². The van der Waals surface area contributed by atoms with Crippen molar-refractivity contribution in [1.82, 2.24) is 0 Å². The van der Waals surface area contributed by atoms with Crippen LogP contribution in [0, 0.1) is 11.6 Å². The first kappa shape index (κ1) is 12.6. The monoisotopic (exact) mass is 275 g/mol. The largest absolute Gasteiger partial charge is 0.478 e. The highest BCUT2D eigenvalue weighted by molar-refractivity contribution is 5.89. The van der Waals surface area contributed by atoms with Crippen molar-refractivity contribution >= 4 is 17.3 Å². The van der Waals surface area contributed by atoms with Crippen LogP contribution in [0.25, 0.3) is 0 Å². The van der Waals surface area contributed by atoms with Crippen LogP contribution in [0.4, 0.5) is 20.2 Å². The third-order valence-electron chi connectivity index (χ3n) is 3.47.